The molecule has 0 saturated carbocycles. The van der Waals surface area contributed by atoms with Gasteiger partial charge in [0.15, 0.2) is 11.9 Å². The van der Waals surface area contributed by atoms with E-state index in [1.165, 1.54) is 36.2 Å². The number of hydrogen-bond acceptors (Lipinski definition) is 9. The van der Waals surface area contributed by atoms with E-state index in [0.29, 0.717) is 18.6 Å². The predicted octanol–water partition coefficient (Wildman–Crippen LogP) is 4.43. The van der Waals surface area contributed by atoms with Crippen LogP contribution in [0.5, 0.6) is 0 Å². The minimum atomic E-state index is -2.85. The molecule has 2 heterocycles. The summed E-state index contributed by atoms with van der Waals surface area (Å²) in [6, 6.07) is 20.9. The lowest BCUT2D eigenvalue weighted by Crippen LogP contribution is -2.68. The van der Waals surface area contributed by atoms with Gasteiger partial charge in [0.2, 0.25) is 0 Å². The molecule has 2 aliphatic heterocycles. The molecular formula is C32H44O8SSi. The zero-order valence-electron chi connectivity index (χ0n) is 25.7. The number of hydrogen-bond donors (Lipinski definition) is 0. The van der Waals surface area contributed by atoms with Gasteiger partial charge in [0.05, 0.1) is 13.7 Å². The van der Waals surface area contributed by atoms with Crippen molar-refractivity contribution in [3.63, 3.8) is 0 Å². The topological polar surface area (TPSA) is 89.5 Å². The summed E-state index contributed by atoms with van der Waals surface area (Å²) >= 11 is 1.50. The van der Waals surface area contributed by atoms with Gasteiger partial charge in [-0.15, -0.1) is 11.8 Å². The van der Waals surface area contributed by atoms with E-state index in [4.69, 9.17) is 28.1 Å². The van der Waals surface area contributed by atoms with Crippen LogP contribution in [-0.4, -0.2) is 75.4 Å². The van der Waals surface area contributed by atoms with Gasteiger partial charge in [-0.3, -0.25) is 9.59 Å². The van der Waals surface area contributed by atoms with E-state index < -0.39 is 49.9 Å². The first-order chi connectivity index (χ1) is 19.9. The number of benzene rings is 2. The number of carbonyl (C=O) groups is 2. The van der Waals surface area contributed by atoms with Crippen molar-refractivity contribution in [1.82, 2.24) is 0 Å². The van der Waals surface area contributed by atoms with Crippen LogP contribution in [0, 0.1) is 0 Å². The first kappa shape index (κ1) is 32.7. The number of ether oxygens (including phenoxy) is 5. The standard InChI is InChI=1S/C32H44O8SSi/c1-22(33)37-29-28-27(39-32(5,6)40-28)25(38-30(29)41-20-14-19-26(34)35-7)21-36-42(31(2,3)4,23-15-10-8-11-16-23)24-17-12-9-13-18-24/h8-13,15-18,25,27-30H,14,19-21H2,1-7H3/t25-,27+,28+,29-,30+/m1/s1. The molecule has 2 aliphatic rings. The Balaban J connectivity index is 1.66. The Labute approximate surface area is 254 Å². The lowest BCUT2D eigenvalue weighted by Gasteiger charge is -2.46. The molecule has 8 nitrogen and oxygen atoms in total. The third-order valence-electron chi connectivity index (χ3n) is 7.65. The Morgan fingerprint density at radius 1 is 0.952 bits per heavy atom. The fraction of sp³-hybridized carbons (Fsp3) is 0.562. The molecular weight excluding hydrogens is 572 g/mol. The van der Waals surface area contributed by atoms with Crippen molar-refractivity contribution in [2.75, 3.05) is 19.5 Å². The quantitative estimate of drug-likeness (QED) is 0.207. The fourth-order valence-corrected chi connectivity index (χ4v) is 11.6. The van der Waals surface area contributed by atoms with Crippen molar-refractivity contribution in [3.05, 3.63) is 60.7 Å². The van der Waals surface area contributed by atoms with Crippen molar-refractivity contribution in [1.29, 1.82) is 0 Å². The van der Waals surface area contributed by atoms with E-state index in [1.54, 1.807) is 0 Å². The molecule has 5 atom stereocenters. The van der Waals surface area contributed by atoms with Gasteiger partial charge in [-0.05, 0) is 41.4 Å². The van der Waals surface area contributed by atoms with Gasteiger partial charge in [0.25, 0.3) is 8.32 Å². The summed E-state index contributed by atoms with van der Waals surface area (Å²) in [5.41, 5.74) is -0.530. The summed E-state index contributed by atoms with van der Waals surface area (Å²) in [6.07, 6.45) is -1.31. The molecule has 42 heavy (non-hydrogen) atoms. The van der Waals surface area contributed by atoms with Crippen LogP contribution in [0.25, 0.3) is 0 Å². The predicted molar refractivity (Wildman–Crippen MR) is 165 cm³/mol. The van der Waals surface area contributed by atoms with Crippen LogP contribution < -0.4 is 10.4 Å². The monoisotopic (exact) mass is 616 g/mol. The average molecular weight is 617 g/mol. The minimum Gasteiger partial charge on any atom is -0.469 e. The van der Waals surface area contributed by atoms with E-state index in [1.807, 2.05) is 26.0 Å². The average Bonchev–Trinajstić information content (AvgIpc) is 3.28. The fourth-order valence-electron chi connectivity index (χ4n) is 5.91. The van der Waals surface area contributed by atoms with Crippen LogP contribution in [0.4, 0.5) is 0 Å². The van der Waals surface area contributed by atoms with Gasteiger partial charge >= 0.3 is 11.9 Å². The zero-order valence-corrected chi connectivity index (χ0v) is 27.5. The Morgan fingerprint density at radius 3 is 2.05 bits per heavy atom. The number of fused-ring (bicyclic) bond motifs is 1. The second-order valence-corrected chi connectivity index (χ2v) is 17.7. The number of thioether (sulfide) groups is 1. The van der Waals surface area contributed by atoms with Crippen LogP contribution in [0.2, 0.25) is 5.04 Å². The molecule has 230 valence electrons. The number of methoxy groups -OCH3 is 1. The van der Waals surface area contributed by atoms with Gasteiger partial charge < -0.3 is 28.1 Å². The largest absolute Gasteiger partial charge is 0.469 e. The zero-order chi connectivity index (χ0) is 30.5. The van der Waals surface area contributed by atoms with E-state index in [9.17, 15) is 9.59 Å². The summed E-state index contributed by atoms with van der Waals surface area (Å²) < 4.78 is 37.2. The van der Waals surface area contributed by atoms with Crippen LogP contribution in [-0.2, 0) is 37.7 Å². The Kier molecular flexibility index (Phi) is 10.6. The molecule has 4 rings (SSSR count). The molecule has 0 N–H and O–H groups in total. The van der Waals surface area contributed by atoms with Crippen molar-refractivity contribution >= 4 is 42.4 Å². The van der Waals surface area contributed by atoms with Crippen LogP contribution >= 0.6 is 11.8 Å². The number of esters is 2. The molecule has 10 heteroatoms. The van der Waals surface area contributed by atoms with E-state index in [0.717, 1.165) is 0 Å². The van der Waals surface area contributed by atoms with Crippen LogP contribution in [0.1, 0.15) is 54.4 Å². The highest BCUT2D eigenvalue weighted by atomic mass is 32.2. The summed E-state index contributed by atoms with van der Waals surface area (Å²) in [7, 11) is -1.46. The van der Waals surface area contributed by atoms with Gasteiger partial charge in [-0.25, -0.2) is 0 Å². The molecule has 0 aliphatic carbocycles. The molecule has 0 radical (unpaired) electrons. The number of rotatable bonds is 11. The molecule has 2 fully saturated rings. The van der Waals surface area contributed by atoms with Crippen molar-refractivity contribution in [2.45, 2.75) is 95.1 Å². The summed E-state index contributed by atoms with van der Waals surface area (Å²) in [6.45, 7) is 12.1. The second kappa shape index (κ2) is 13.6. The lowest BCUT2D eigenvalue weighted by molar-refractivity contribution is -0.191. The first-order valence-corrected chi connectivity index (χ1v) is 17.5. The number of carbonyl (C=O) groups excluding carboxylic acids is 2. The molecule has 0 unspecified atom stereocenters. The van der Waals surface area contributed by atoms with Gasteiger partial charge in [-0.2, -0.15) is 0 Å². The van der Waals surface area contributed by atoms with Gasteiger partial charge in [0, 0.05) is 13.3 Å². The first-order valence-electron chi connectivity index (χ1n) is 14.5. The smallest absolute Gasteiger partial charge is 0.305 e. The maximum absolute atomic E-state index is 12.2. The molecule has 0 amide bonds. The minimum absolute atomic E-state index is 0.210. The normalized spacial score (nSPS) is 25.5. The Hall–Kier alpha value is -2.21. The SMILES string of the molecule is COC(=O)CCCS[C@@H]1O[C@H](CO[Si](c2ccccc2)(c2ccccc2)C(C)(C)C)[C@@H]2OC(C)(C)O[C@@H]2[C@H]1OC(C)=O. The highest BCUT2D eigenvalue weighted by Crippen LogP contribution is 2.43. The van der Waals surface area contributed by atoms with Crippen LogP contribution in [0.15, 0.2) is 60.7 Å². The Morgan fingerprint density at radius 2 is 1.52 bits per heavy atom. The maximum atomic E-state index is 12.2. The third-order valence-corrected chi connectivity index (χ3v) is 13.9. The van der Waals surface area contributed by atoms with Gasteiger partial charge in [0.1, 0.15) is 23.7 Å². The van der Waals surface area contributed by atoms with Crippen LogP contribution in [0.3, 0.4) is 0 Å². The van der Waals surface area contributed by atoms with Crippen molar-refractivity contribution in [2.24, 2.45) is 0 Å². The molecule has 0 aromatic heterocycles. The Bertz CT molecular complexity index is 1150. The van der Waals surface area contributed by atoms with Crippen molar-refractivity contribution in [3.8, 4) is 0 Å². The summed E-state index contributed by atoms with van der Waals surface area (Å²) in [4.78, 5) is 23.8. The highest BCUT2D eigenvalue weighted by molar-refractivity contribution is 7.99. The molecule has 2 aromatic rings. The molecule has 2 aromatic carbocycles. The molecule has 0 bridgehead atoms. The molecule has 2 saturated heterocycles. The van der Waals surface area contributed by atoms with E-state index in [-0.39, 0.29) is 17.6 Å². The lowest BCUT2D eigenvalue weighted by atomic mass is 10.0. The second-order valence-electron chi connectivity index (χ2n) is 12.2. The van der Waals surface area contributed by atoms with E-state index in [2.05, 4.69) is 69.3 Å². The third kappa shape index (κ3) is 7.28. The maximum Gasteiger partial charge on any atom is 0.305 e. The molecule has 0 spiro atoms. The highest BCUT2D eigenvalue weighted by Gasteiger charge is 2.58. The van der Waals surface area contributed by atoms with Crippen molar-refractivity contribution < 1.29 is 37.7 Å². The van der Waals surface area contributed by atoms with E-state index >= 15 is 0 Å². The summed E-state index contributed by atoms with van der Waals surface area (Å²) in [5, 5.41) is 2.14. The van der Waals surface area contributed by atoms with Gasteiger partial charge in [-0.1, -0.05) is 81.4 Å². The summed E-state index contributed by atoms with van der Waals surface area (Å²) in [5.74, 6) is -0.959.